The first-order valence-electron chi connectivity index (χ1n) is 6.60. The van der Waals surface area contributed by atoms with Crippen LogP contribution in [-0.4, -0.2) is 30.2 Å². The summed E-state index contributed by atoms with van der Waals surface area (Å²) in [4.78, 5) is 0. The molecule has 1 aromatic heterocycles. The van der Waals surface area contributed by atoms with Crippen molar-refractivity contribution in [2.75, 3.05) is 19.0 Å². The number of ether oxygens (including phenoxy) is 2. The summed E-state index contributed by atoms with van der Waals surface area (Å²) in [6.45, 7) is 1.46. The molecule has 0 aliphatic carbocycles. The summed E-state index contributed by atoms with van der Waals surface area (Å²) < 4.78 is 16.6. The third-order valence-corrected chi connectivity index (χ3v) is 3.55. The van der Waals surface area contributed by atoms with Crippen molar-refractivity contribution in [3.63, 3.8) is 0 Å². The highest BCUT2D eigenvalue weighted by Crippen LogP contribution is 2.25. The van der Waals surface area contributed by atoms with Crippen molar-refractivity contribution in [1.82, 2.24) is 5.16 Å². The van der Waals surface area contributed by atoms with E-state index in [4.69, 9.17) is 14.0 Å². The topological polar surface area (TPSA) is 44.5 Å². The Morgan fingerprint density at radius 2 is 2.37 bits per heavy atom. The largest absolute Gasteiger partial charge is 0.491 e. The molecule has 1 unspecified atom stereocenters. The maximum atomic E-state index is 5.79. The van der Waals surface area contributed by atoms with Crippen LogP contribution in [0.1, 0.15) is 18.5 Å². The number of thiol groups is 1. The van der Waals surface area contributed by atoms with Crippen LogP contribution in [0, 0.1) is 0 Å². The molecule has 0 saturated carbocycles. The molecule has 0 N–H and O–H groups in total. The summed E-state index contributed by atoms with van der Waals surface area (Å²) in [5.74, 6) is 1.59. The van der Waals surface area contributed by atoms with Crippen LogP contribution in [0.5, 0.6) is 5.75 Å². The van der Waals surface area contributed by atoms with Crippen molar-refractivity contribution >= 4 is 23.6 Å². The van der Waals surface area contributed by atoms with Gasteiger partial charge in [-0.2, -0.15) is 12.6 Å². The van der Waals surface area contributed by atoms with E-state index in [1.54, 1.807) is 0 Å². The second-order valence-electron chi connectivity index (χ2n) is 4.71. The highest BCUT2D eigenvalue weighted by Gasteiger charge is 2.16. The Hall–Kier alpha value is -1.20. The van der Waals surface area contributed by atoms with Gasteiger partial charge < -0.3 is 14.0 Å². The minimum absolute atomic E-state index is 0.232. The first-order valence-corrected chi connectivity index (χ1v) is 7.23. The van der Waals surface area contributed by atoms with Crippen molar-refractivity contribution in [2.24, 2.45) is 0 Å². The van der Waals surface area contributed by atoms with Crippen LogP contribution >= 0.6 is 12.6 Å². The van der Waals surface area contributed by atoms with Gasteiger partial charge in [0.15, 0.2) is 5.58 Å². The lowest BCUT2D eigenvalue weighted by Gasteiger charge is -2.11. The molecule has 1 aliphatic heterocycles. The molecule has 102 valence electrons. The molecule has 0 spiro atoms. The molecule has 1 fully saturated rings. The number of rotatable bonds is 5. The zero-order chi connectivity index (χ0) is 13.1. The van der Waals surface area contributed by atoms with Crippen molar-refractivity contribution in [3.05, 3.63) is 23.9 Å². The van der Waals surface area contributed by atoms with Crippen LogP contribution in [0.2, 0.25) is 0 Å². The molecule has 0 bridgehead atoms. The van der Waals surface area contributed by atoms with Gasteiger partial charge in [-0.25, -0.2) is 0 Å². The van der Waals surface area contributed by atoms with Gasteiger partial charge in [0.1, 0.15) is 12.4 Å². The fraction of sp³-hybridized carbons (Fsp3) is 0.500. The van der Waals surface area contributed by atoms with Crippen molar-refractivity contribution in [2.45, 2.75) is 25.4 Å². The number of aryl methyl sites for hydroxylation is 1. The molecular weight excluding hydrogens is 262 g/mol. The molecule has 3 rings (SSSR count). The van der Waals surface area contributed by atoms with E-state index in [1.807, 2.05) is 18.2 Å². The Kier molecular flexibility index (Phi) is 3.94. The summed E-state index contributed by atoms with van der Waals surface area (Å²) in [7, 11) is 0. The molecule has 2 heterocycles. The fourth-order valence-corrected chi connectivity index (χ4v) is 2.52. The quantitative estimate of drug-likeness (QED) is 0.855. The number of benzene rings is 1. The molecule has 19 heavy (non-hydrogen) atoms. The standard InChI is InChI=1S/C14H17NO3S/c19-7-5-13-12-8-10(3-4-14(12)18-15-13)17-9-11-2-1-6-16-11/h3-4,8,11,19H,1-2,5-7,9H2. The van der Waals surface area contributed by atoms with Gasteiger partial charge >= 0.3 is 0 Å². The maximum Gasteiger partial charge on any atom is 0.167 e. The van der Waals surface area contributed by atoms with Gasteiger partial charge in [0.2, 0.25) is 0 Å². The Labute approximate surface area is 117 Å². The second-order valence-corrected chi connectivity index (χ2v) is 5.15. The van der Waals surface area contributed by atoms with Crippen LogP contribution in [-0.2, 0) is 11.2 Å². The number of hydrogen-bond acceptors (Lipinski definition) is 5. The Bertz CT molecular complexity index is 549. The highest BCUT2D eigenvalue weighted by atomic mass is 32.1. The lowest BCUT2D eigenvalue weighted by atomic mass is 10.2. The van der Waals surface area contributed by atoms with Crippen LogP contribution in [0.3, 0.4) is 0 Å². The number of nitrogens with zero attached hydrogens (tertiary/aromatic N) is 1. The lowest BCUT2D eigenvalue weighted by molar-refractivity contribution is 0.0680. The minimum Gasteiger partial charge on any atom is -0.491 e. The van der Waals surface area contributed by atoms with Crippen molar-refractivity contribution in [1.29, 1.82) is 0 Å². The zero-order valence-electron chi connectivity index (χ0n) is 10.7. The van der Waals surface area contributed by atoms with E-state index in [2.05, 4.69) is 17.8 Å². The molecule has 0 radical (unpaired) electrons. The van der Waals surface area contributed by atoms with Gasteiger partial charge in [0, 0.05) is 18.4 Å². The van der Waals surface area contributed by atoms with Crippen LogP contribution in [0.25, 0.3) is 11.0 Å². The predicted molar refractivity (Wildman–Crippen MR) is 76.0 cm³/mol. The normalized spacial score (nSPS) is 19.1. The third kappa shape index (κ3) is 2.87. The molecule has 1 aliphatic rings. The number of aromatic nitrogens is 1. The summed E-state index contributed by atoms with van der Waals surface area (Å²) >= 11 is 4.23. The van der Waals surface area contributed by atoms with E-state index in [1.165, 1.54) is 0 Å². The maximum absolute atomic E-state index is 5.79. The minimum atomic E-state index is 0.232. The zero-order valence-corrected chi connectivity index (χ0v) is 11.6. The third-order valence-electron chi connectivity index (χ3n) is 3.32. The van der Waals surface area contributed by atoms with Crippen LogP contribution in [0.15, 0.2) is 22.7 Å². The van der Waals surface area contributed by atoms with Gasteiger partial charge in [-0.3, -0.25) is 0 Å². The predicted octanol–water partition coefficient (Wildman–Crippen LogP) is 2.86. The molecule has 1 aromatic carbocycles. The first-order chi connectivity index (χ1) is 9.36. The van der Waals surface area contributed by atoms with E-state index in [0.717, 1.165) is 54.0 Å². The summed E-state index contributed by atoms with van der Waals surface area (Å²) in [6, 6.07) is 5.79. The molecular formula is C14H17NO3S. The van der Waals surface area contributed by atoms with E-state index >= 15 is 0 Å². The van der Waals surface area contributed by atoms with Crippen LogP contribution < -0.4 is 4.74 Å². The van der Waals surface area contributed by atoms with Gasteiger partial charge in [0.25, 0.3) is 0 Å². The smallest absolute Gasteiger partial charge is 0.167 e. The van der Waals surface area contributed by atoms with Gasteiger partial charge in [-0.1, -0.05) is 5.16 Å². The number of fused-ring (bicyclic) bond motifs is 1. The van der Waals surface area contributed by atoms with E-state index in [9.17, 15) is 0 Å². The van der Waals surface area contributed by atoms with Crippen LogP contribution in [0.4, 0.5) is 0 Å². The summed E-state index contributed by atoms with van der Waals surface area (Å²) in [6.07, 6.45) is 3.24. The average Bonchev–Trinajstić information content (AvgIpc) is 3.07. The monoisotopic (exact) mass is 279 g/mol. The highest BCUT2D eigenvalue weighted by molar-refractivity contribution is 7.80. The second kappa shape index (κ2) is 5.84. The molecule has 1 atom stereocenters. The Morgan fingerprint density at radius 3 is 3.16 bits per heavy atom. The molecule has 1 saturated heterocycles. The Balaban J connectivity index is 1.73. The fourth-order valence-electron chi connectivity index (χ4n) is 2.31. The molecule has 2 aromatic rings. The average molecular weight is 279 g/mol. The van der Waals surface area contributed by atoms with E-state index in [-0.39, 0.29) is 6.10 Å². The molecule has 5 heteroatoms. The van der Waals surface area contributed by atoms with E-state index < -0.39 is 0 Å². The van der Waals surface area contributed by atoms with Crippen molar-refractivity contribution in [3.8, 4) is 5.75 Å². The summed E-state index contributed by atoms with van der Waals surface area (Å²) in [5, 5.41) is 5.07. The number of hydrogen-bond donors (Lipinski definition) is 1. The van der Waals surface area contributed by atoms with Crippen molar-refractivity contribution < 1.29 is 14.0 Å². The van der Waals surface area contributed by atoms with Gasteiger partial charge in [-0.05, 0) is 36.8 Å². The van der Waals surface area contributed by atoms with E-state index in [0.29, 0.717) is 6.61 Å². The Morgan fingerprint density at radius 1 is 1.42 bits per heavy atom. The molecule has 0 amide bonds. The van der Waals surface area contributed by atoms with Gasteiger partial charge in [-0.15, -0.1) is 0 Å². The van der Waals surface area contributed by atoms with Gasteiger partial charge in [0.05, 0.1) is 11.8 Å². The molecule has 4 nitrogen and oxygen atoms in total. The summed E-state index contributed by atoms with van der Waals surface area (Å²) in [5.41, 5.74) is 1.73. The first kappa shape index (κ1) is 12.8. The lowest BCUT2D eigenvalue weighted by Crippen LogP contribution is -2.16. The SMILES string of the molecule is SCCc1noc2ccc(OCC3CCCO3)cc12.